The summed E-state index contributed by atoms with van der Waals surface area (Å²) in [5, 5.41) is 4.67. The Hall–Kier alpha value is -0.290. The monoisotopic (exact) mass is 189 g/mol. The molecular weight excluding hydrogens is 178 g/mol. The van der Waals surface area contributed by atoms with Gasteiger partial charge in [-0.25, -0.2) is 0 Å². The first-order valence-corrected chi connectivity index (χ1v) is 5.42. The largest absolute Gasteiger partial charge is 0.388 e. The first-order chi connectivity index (χ1) is 5.34. The number of anilines is 1. The van der Waals surface area contributed by atoms with Gasteiger partial charge in [0.2, 0.25) is 0 Å². The summed E-state index contributed by atoms with van der Waals surface area (Å²) in [6.45, 7) is 2.16. The van der Waals surface area contributed by atoms with Crippen LogP contribution in [0.15, 0.2) is 0 Å². The molecule has 1 heterocycles. The molecule has 1 aromatic rings. The van der Waals surface area contributed by atoms with Gasteiger partial charge in [0.05, 0.1) is 0 Å². The number of thioether (sulfide) groups is 1. The summed E-state index contributed by atoms with van der Waals surface area (Å²) in [5.41, 5.74) is 6.54. The van der Waals surface area contributed by atoms with Crippen molar-refractivity contribution in [2.45, 2.75) is 19.1 Å². The minimum Gasteiger partial charge on any atom is -0.388 e. The lowest BCUT2D eigenvalue weighted by Crippen LogP contribution is -1.89. The van der Waals surface area contributed by atoms with Crippen molar-refractivity contribution in [2.24, 2.45) is 0 Å². The van der Waals surface area contributed by atoms with E-state index in [0.717, 1.165) is 22.2 Å². The fraction of sp³-hybridized carbons (Fsp3) is 0.667. The Morgan fingerprint density at radius 1 is 1.64 bits per heavy atom. The lowest BCUT2D eigenvalue weighted by Gasteiger charge is -1.94. The van der Waals surface area contributed by atoms with Crippen LogP contribution in [0.4, 0.5) is 5.00 Å². The summed E-state index contributed by atoms with van der Waals surface area (Å²) in [4.78, 5) is 0. The molecule has 62 valence electrons. The highest BCUT2D eigenvalue weighted by Gasteiger charge is 2.02. The zero-order valence-corrected chi connectivity index (χ0v) is 8.04. The van der Waals surface area contributed by atoms with Crippen LogP contribution in [-0.4, -0.2) is 15.3 Å². The molecule has 2 N–H and O–H groups in total. The zero-order valence-electron chi connectivity index (χ0n) is 6.41. The van der Waals surface area contributed by atoms with Crippen molar-refractivity contribution >= 4 is 28.3 Å². The van der Waals surface area contributed by atoms with Gasteiger partial charge in [-0.05, 0) is 12.2 Å². The molecule has 0 bridgehead atoms. The Morgan fingerprint density at radius 3 is 3.00 bits per heavy atom. The summed E-state index contributed by atoms with van der Waals surface area (Å²) in [6.07, 6.45) is 1.20. The van der Waals surface area contributed by atoms with E-state index in [1.54, 1.807) is 0 Å². The van der Waals surface area contributed by atoms with E-state index in [-0.39, 0.29) is 0 Å². The van der Waals surface area contributed by atoms with Gasteiger partial charge < -0.3 is 5.73 Å². The van der Waals surface area contributed by atoms with Crippen molar-refractivity contribution in [3.63, 3.8) is 0 Å². The predicted molar refractivity (Wildman–Crippen MR) is 50.8 cm³/mol. The number of hydrogen-bond donors (Lipinski definition) is 1. The van der Waals surface area contributed by atoms with Crippen LogP contribution in [0, 0.1) is 0 Å². The number of rotatable bonds is 4. The van der Waals surface area contributed by atoms with Gasteiger partial charge >= 0.3 is 0 Å². The summed E-state index contributed by atoms with van der Waals surface area (Å²) in [5.74, 6) is 2.06. The van der Waals surface area contributed by atoms with Crippen LogP contribution in [0.5, 0.6) is 0 Å². The highest BCUT2D eigenvalue weighted by molar-refractivity contribution is 7.98. The Kier molecular flexibility index (Phi) is 3.65. The molecular formula is C6H11N3S2. The van der Waals surface area contributed by atoms with E-state index in [0.29, 0.717) is 0 Å². The zero-order chi connectivity index (χ0) is 8.10. The summed E-state index contributed by atoms with van der Waals surface area (Å²) in [6, 6.07) is 0. The standard InChI is InChI=1S/C6H11N3S2/c1-2-3-10-4-5-6(7)11-9-8-5/h2-4,7H2,1H3. The van der Waals surface area contributed by atoms with E-state index < -0.39 is 0 Å². The number of hydrogen-bond acceptors (Lipinski definition) is 5. The van der Waals surface area contributed by atoms with E-state index in [1.807, 2.05) is 11.8 Å². The lowest BCUT2D eigenvalue weighted by atomic mass is 10.5. The van der Waals surface area contributed by atoms with Gasteiger partial charge in [0.15, 0.2) is 0 Å². The molecule has 0 amide bonds. The van der Waals surface area contributed by atoms with Crippen molar-refractivity contribution in [3.8, 4) is 0 Å². The number of nitrogens with zero attached hydrogens (tertiary/aromatic N) is 2. The van der Waals surface area contributed by atoms with E-state index >= 15 is 0 Å². The highest BCUT2D eigenvalue weighted by Crippen LogP contribution is 2.18. The van der Waals surface area contributed by atoms with E-state index in [4.69, 9.17) is 5.73 Å². The number of nitrogen functional groups attached to an aromatic ring is 1. The van der Waals surface area contributed by atoms with Crippen molar-refractivity contribution in [1.29, 1.82) is 0 Å². The third-order valence-electron chi connectivity index (χ3n) is 1.17. The topological polar surface area (TPSA) is 51.8 Å². The normalized spacial score (nSPS) is 10.3. The maximum atomic E-state index is 5.60. The molecule has 0 atom stereocenters. The second kappa shape index (κ2) is 4.56. The first kappa shape index (κ1) is 8.80. The van der Waals surface area contributed by atoms with Gasteiger partial charge in [-0.3, -0.25) is 0 Å². The second-order valence-electron chi connectivity index (χ2n) is 2.14. The van der Waals surface area contributed by atoms with Gasteiger partial charge in [0.1, 0.15) is 10.7 Å². The maximum Gasteiger partial charge on any atom is 0.131 e. The molecule has 0 aliphatic heterocycles. The van der Waals surface area contributed by atoms with E-state index in [1.165, 1.54) is 18.0 Å². The third-order valence-corrected chi connectivity index (χ3v) is 2.94. The van der Waals surface area contributed by atoms with Crippen LogP contribution in [0.1, 0.15) is 19.0 Å². The van der Waals surface area contributed by atoms with Crippen molar-refractivity contribution in [2.75, 3.05) is 11.5 Å². The molecule has 0 unspecified atom stereocenters. The van der Waals surface area contributed by atoms with Crippen LogP contribution in [0.3, 0.4) is 0 Å². The molecule has 0 radical (unpaired) electrons. The van der Waals surface area contributed by atoms with Gasteiger partial charge in [-0.2, -0.15) is 11.8 Å². The first-order valence-electron chi connectivity index (χ1n) is 3.49. The minimum absolute atomic E-state index is 0.758. The van der Waals surface area contributed by atoms with Gasteiger partial charge in [0, 0.05) is 17.3 Å². The molecule has 0 aromatic carbocycles. The summed E-state index contributed by atoms with van der Waals surface area (Å²) >= 11 is 3.12. The third kappa shape index (κ3) is 2.67. The molecule has 0 fully saturated rings. The van der Waals surface area contributed by atoms with Gasteiger partial charge in [-0.1, -0.05) is 11.4 Å². The number of aromatic nitrogens is 2. The summed E-state index contributed by atoms with van der Waals surface area (Å²) in [7, 11) is 0. The van der Waals surface area contributed by atoms with E-state index in [2.05, 4.69) is 16.5 Å². The minimum atomic E-state index is 0.758. The molecule has 0 saturated heterocycles. The molecule has 0 saturated carbocycles. The molecule has 3 nitrogen and oxygen atoms in total. The van der Waals surface area contributed by atoms with Crippen LogP contribution >= 0.6 is 23.3 Å². The van der Waals surface area contributed by atoms with Crippen LogP contribution < -0.4 is 5.73 Å². The molecule has 0 aliphatic carbocycles. The Balaban J connectivity index is 2.32. The lowest BCUT2D eigenvalue weighted by molar-refractivity contribution is 1.07. The Labute approximate surface area is 74.5 Å². The molecule has 0 spiro atoms. The van der Waals surface area contributed by atoms with Crippen molar-refractivity contribution < 1.29 is 0 Å². The quantitative estimate of drug-likeness (QED) is 0.733. The van der Waals surface area contributed by atoms with E-state index in [9.17, 15) is 0 Å². The molecule has 11 heavy (non-hydrogen) atoms. The fourth-order valence-corrected chi connectivity index (χ4v) is 2.01. The van der Waals surface area contributed by atoms with Crippen LogP contribution in [0.2, 0.25) is 0 Å². The Bertz CT molecular complexity index is 211. The van der Waals surface area contributed by atoms with Gasteiger partial charge in [-0.15, -0.1) is 5.10 Å². The SMILES string of the molecule is CCCSCc1nnsc1N. The predicted octanol–water partition coefficient (Wildman–Crippen LogP) is 1.76. The number of nitrogens with two attached hydrogens (primary N) is 1. The molecule has 5 heteroatoms. The van der Waals surface area contributed by atoms with Gasteiger partial charge in [0.25, 0.3) is 0 Å². The average molecular weight is 189 g/mol. The highest BCUT2D eigenvalue weighted by atomic mass is 32.2. The summed E-state index contributed by atoms with van der Waals surface area (Å²) < 4.78 is 3.75. The molecule has 1 rings (SSSR count). The molecule has 1 aromatic heterocycles. The average Bonchev–Trinajstić information content (AvgIpc) is 2.37. The van der Waals surface area contributed by atoms with Crippen LogP contribution in [0.25, 0.3) is 0 Å². The maximum absolute atomic E-state index is 5.60. The van der Waals surface area contributed by atoms with Crippen molar-refractivity contribution in [1.82, 2.24) is 9.59 Å². The van der Waals surface area contributed by atoms with Crippen LogP contribution in [-0.2, 0) is 5.75 Å². The second-order valence-corrected chi connectivity index (χ2v) is 4.03. The van der Waals surface area contributed by atoms with Crippen molar-refractivity contribution in [3.05, 3.63) is 5.69 Å². The Morgan fingerprint density at radius 2 is 2.45 bits per heavy atom. The smallest absolute Gasteiger partial charge is 0.131 e. The fourth-order valence-electron chi connectivity index (χ4n) is 0.629. The molecule has 0 aliphatic rings.